The Hall–Kier alpha value is -0.350. The minimum atomic E-state index is -0.298. The Morgan fingerprint density at radius 1 is 1.32 bits per heavy atom. The standard InChI is InChI=1S/C14H22Cl2N2O/c1-9(19)7-14(3,4)8-17-10(2)11-5-6-12(15)18-13(11)16/h5-6,9-10,17,19H,7-8H2,1-4H3. The van der Waals surface area contributed by atoms with Crippen molar-refractivity contribution in [1.82, 2.24) is 10.3 Å². The third kappa shape index (κ3) is 5.65. The molecule has 1 aromatic heterocycles. The van der Waals surface area contributed by atoms with Crippen LogP contribution in [0.5, 0.6) is 0 Å². The lowest BCUT2D eigenvalue weighted by molar-refractivity contribution is 0.127. The zero-order valence-corrected chi connectivity index (χ0v) is 13.4. The van der Waals surface area contributed by atoms with E-state index < -0.39 is 0 Å². The van der Waals surface area contributed by atoms with Gasteiger partial charge < -0.3 is 10.4 Å². The van der Waals surface area contributed by atoms with Crippen LogP contribution >= 0.6 is 23.2 Å². The number of pyridine rings is 1. The van der Waals surface area contributed by atoms with Gasteiger partial charge in [0, 0.05) is 18.2 Å². The van der Waals surface area contributed by atoms with Crippen molar-refractivity contribution in [2.75, 3.05) is 6.54 Å². The zero-order valence-electron chi connectivity index (χ0n) is 11.9. The molecule has 2 atom stereocenters. The number of halogens is 2. The molecule has 1 rings (SSSR count). The van der Waals surface area contributed by atoms with E-state index in [9.17, 15) is 5.11 Å². The fourth-order valence-electron chi connectivity index (χ4n) is 2.16. The average molecular weight is 305 g/mol. The van der Waals surface area contributed by atoms with Crippen LogP contribution in [-0.4, -0.2) is 22.7 Å². The van der Waals surface area contributed by atoms with Crippen molar-refractivity contribution in [2.45, 2.75) is 46.3 Å². The molecule has 0 amide bonds. The predicted octanol–water partition coefficient (Wildman–Crippen LogP) is 3.84. The second-order valence-corrected chi connectivity index (χ2v) is 6.58. The molecular formula is C14H22Cl2N2O. The lowest BCUT2D eigenvalue weighted by Crippen LogP contribution is -2.33. The van der Waals surface area contributed by atoms with Crippen LogP contribution in [-0.2, 0) is 0 Å². The van der Waals surface area contributed by atoms with Gasteiger partial charge in [-0.05, 0) is 31.7 Å². The molecule has 0 saturated heterocycles. The number of rotatable bonds is 6. The van der Waals surface area contributed by atoms with E-state index >= 15 is 0 Å². The van der Waals surface area contributed by atoms with Gasteiger partial charge in [0.25, 0.3) is 0 Å². The first-order valence-corrected chi connectivity index (χ1v) is 7.20. The molecule has 0 aliphatic carbocycles. The molecule has 0 radical (unpaired) electrons. The summed E-state index contributed by atoms with van der Waals surface area (Å²) in [6.07, 6.45) is 0.451. The molecule has 5 heteroatoms. The highest BCUT2D eigenvalue weighted by Crippen LogP contribution is 2.26. The van der Waals surface area contributed by atoms with E-state index in [1.165, 1.54) is 0 Å². The Bertz CT molecular complexity index is 422. The van der Waals surface area contributed by atoms with Gasteiger partial charge in [-0.15, -0.1) is 0 Å². The van der Waals surface area contributed by atoms with Crippen LogP contribution < -0.4 is 5.32 Å². The first-order chi connectivity index (χ1) is 8.71. The summed E-state index contributed by atoms with van der Waals surface area (Å²) in [4.78, 5) is 4.04. The topological polar surface area (TPSA) is 45.1 Å². The van der Waals surface area contributed by atoms with E-state index in [-0.39, 0.29) is 17.6 Å². The van der Waals surface area contributed by atoms with Gasteiger partial charge in [-0.2, -0.15) is 0 Å². The Kier molecular flexibility index (Phi) is 6.06. The molecule has 0 saturated carbocycles. The van der Waals surface area contributed by atoms with Gasteiger partial charge >= 0.3 is 0 Å². The zero-order chi connectivity index (χ0) is 14.6. The maximum absolute atomic E-state index is 9.47. The average Bonchev–Trinajstić information content (AvgIpc) is 2.24. The van der Waals surface area contributed by atoms with Crippen LogP contribution in [0.25, 0.3) is 0 Å². The molecule has 0 spiro atoms. The highest BCUT2D eigenvalue weighted by Gasteiger charge is 2.21. The van der Waals surface area contributed by atoms with Crippen molar-refractivity contribution in [1.29, 1.82) is 0 Å². The van der Waals surface area contributed by atoms with Crippen LogP contribution in [0.1, 0.15) is 45.7 Å². The summed E-state index contributed by atoms with van der Waals surface area (Å²) in [5, 5.41) is 13.7. The smallest absolute Gasteiger partial charge is 0.135 e. The SMILES string of the molecule is CC(O)CC(C)(C)CNC(C)c1ccc(Cl)nc1Cl. The monoisotopic (exact) mass is 304 g/mol. The maximum atomic E-state index is 9.47. The first-order valence-electron chi connectivity index (χ1n) is 6.45. The quantitative estimate of drug-likeness (QED) is 0.785. The molecule has 3 nitrogen and oxygen atoms in total. The number of aliphatic hydroxyl groups is 1. The fourth-order valence-corrected chi connectivity index (χ4v) is 2.67. The second-order valence-electron chi connectivity index (χ2n) is 5.83. The van der Waals surface area contributed by atoms with Crippen LogP contribution in [0.3, 0.4) is 0 Å². The second kappa shape index (κ2) is 6.89. The summed E-state index contributed by atoms with van der Waals surface area (Å²) >= 11 is 11.9. The molecule has 0 aliphatic heterocycles. The lowest BCUT2D eigenvalue weighted by atomic mass is 9.86. The summed E-state index contributed by atoms with van der Waals surface area (Å²) in [7, 11) is 0. The Labute approximate surface area is 125 Å². The number of nitrogens with one attached hydrogen (secondary N) is 1. The van der Waals surface area contributed by atoms with Crippen LogP contribution in [0.2, 0.25) is 10.3 Å². The Morgan fingerprint density at radius 3 is 2.47 bits per heavy atom. The van der Waals surface area contributed by atoms with E-state index in [1.54, 1.807) is 6.07 Å². The van der Waals surface area contributed by atoms with E-state index in [2.05, 4.69) is 24.1 Å². The molecule has 0 aromatic carbocycles. The van der Waals surface area contributed by atoms with Gasteiger partial charge in [0.15, 0.2) is 0 Å². The highest BCUT2D eigenvalue weighted by molar-refractivity contribution is 6.32. The van der Waals surface area contributed by atoms with Crippen LogP contribution in [0, 0.1) is 5.41 Å². The minimum Gasteiger partial charge on any atom is -0.393 e. The van der Waals surface area contributed by atoms with Crippen molar-refractivity contribution < 1.29 is 5.11 Å². The third-order valence-electron chi connectivity index (χ3n) is 3.04. The van der Waals surface area contributed by atoms with Crippen molar-refractivity contribution in [3.63, 3.8) is 0 Å². The van der Waals surface area contributed by atoms with Gasteiger partial charge in [0.1, 0.15) is 10.3 Å². The number of aromatic nitrogens is 1. The summed E-state index contributed by atoms with van der Waals surface area (Å²) in [6, 6.07) is 3.71. The summed E-state index contributed by atoms with van der Waals surface area (Å²) in [5.74, 6) is 0. The molecule has 0 aliphatic rings. The molecule has 19 heavy (non-hydrogen) atoms. The van der Waals surface area contributed by atoms with Crippen molar-refractivity contribution in [2.24, 2.45) is 5.41 Å². The van der Waals surface area contributed by atoms with Crippen molar-refractivity contribution in [3.05, 3.63) is 28.0 Å². The largest absolute Gasteiger partial charge is 0.393 e. The molecular weight excluding hydrogens is 283 g/mol. The minimum absolute atomic E-state index is 0.0226. The molecule has 1 heterocycles. The van der Waals surface area contributed by atoms with Gasteiger partial charge in [-0.1, -0.05) is 43.1 Å². The number of aliphatic hydroxyl groups excluding tert-OH is 1. The number of hydrogen-bond acceptors (Lipinski definition) is 3. The molecule has 0 fully saturated rings. The maximum Gasteiger partial charge on any atom is 0.135 e. The summed E-state index contributed by atoms with van der Waals surface area (Å²) < 4.78 is 0. The Morgan fingerprint density at radius 2 is 1.95 bits per heavy atom. The van der Waals surface area contributed by atoms with Gasteiger partial charge in [0.2, 0.25) is 0 Å². The van der Waals surface area contributed by atoms with Crippen LogP contribution in [0.4, 0.5) is 0 Å². The van der Waals surface area contributed by atoms with Gasteiger partial charge in [-0.3, -0.25) is 0 Å². The lowest BCUT2D eigenvalue weighted by Gasteiger charge is -2.28. The van der Waals surface area contributed by atoms with Crippen molar-refractivity contribution >= 4 is 23.2 Å². The van der Waals surface area contributed by atoms with Crippen molar-refractivity contribution in [3.8, 4) is 0 Å². The molecule has 2 N–H and O–H groups in total. The summed E-state index contributed by atoms with van der Waals surface area (Å²) in [6.45, 7) is 8.89. The fraction of sp³-hybridized carbons (Fsp3) is 0.643. The highest BCUT2D eigenvalue weighted by atomic mass is 35.5. The van der Waals surface area contributed by atoms with Crippen LogP contribution in [0.15, 0.2) is 12.1 Å². The molecule has 1 aromatic rings. The van der Waals surface area contributed by atoms with E-state index in [4.69, 9.17) is 23.2 Å². The number of hydrogen-bond donors (Lipinski definition) is 2. The van der Waals surface area contributed by atoms with Gasteiger partial charge in [-0.25, -0.2) is 4.98 Å². The molecule has 2 unspecified atom stereocenters. The van der Waals surface area contributed by atoms with Gasteiger partial charge in [0.05, 0.1) is 6.10 Å². The van der Waals surface area contributed by atoms with E-state index in [1.807, 2.05) is 19.9 Å². The normalized spacial score (nSPS) is 15.3. The predicted molar refractivity (Wildman–Crippen MR) is 80.8 cm³/mol. The summed E-state index contributed by atoms with van der Waals surface area (Å²) in [5.41, 5.74) is 0.952. The van der Waals surface area contributed by atoms with E-state index in [0.29, 0.717) is 10.3 Å². The molecule has 108 valence electrons. The third-order valence-corrected chi connectivity index (χ3v) is 3.56. The number of nitrogens with zero attached hydrogens (tertiary/aromatic N) is 1. The first kappa shape index (κ1) is 16.7. The van der Waals surface area contributed by atoms with E-state index in [0.717, 1.165) is 18.5 Å². The Balaban J connectivity index is 2.62. The molecule has 0 bridgehead atoms.